The van der Waals surface area contributed by atoms with Gasteiger partial charge in [-0.2, -0.15) is 0 Å². The highest BCUT2D eigenvalue weighted by molar-refractivity contribution is 6.29. The summed E-state index contributed by atoms with van der Waals surface area (Å²) in [6.45, 7) is 3.77. The van der Waals surface area contributed by atoms with E-state index in [1.807, 2.05) is 12.1 Å². The first-order valence-electron chi connectivity index (χ1n) is 6.00. The van der Waals surface area contributed by atoms with E-state index in [0.717, 1.165) is 18.6 Å². The zero-order valence-corrected chi connectivity index (χ0v) is 10.9. The fraction of sp³-hybridized carbons (Fsp3) is 0.357. The molecule has 0 atom stereocenters. The van der Waals surface area contributed by atoms with Crippen LogP contribution < -0.4 is 10.1 Å². The molecule has 1 aromatic rings. The number of hydrogen-bond acceptors (Lipinski definition) is 2. The quantitative estimate of drug-likeness (QED) is 0.888. The molecule has 1 amide bonds. The van der Waals surface area contributed by atoms with Crippen LogP contribution in [0.2, 0.25) is 0 Å². The lowest BCUT2D eigenvalue weighted by atomic mass is 10.1. The van der Waals surface area contributed by atoms with Crippen LogP contribution in [-0.4, -0.2) is 19.1 Å². The highest BCUT2D eigenvalue weighted by Gasteiger charge is 2.11. The molecular formula is C14H16ClNO2. The van der Waals surface area contributed by atoms with Crippen molar-refractivity contribution in [2.24, 2.45) is 0 Å². The topological polar surface area (TPSA) is 38.3 Å². The predicted octanol–water partition coefficient (Wildman–Crippen LogP) is 2.42. The number of ether oxygens (including phenoxy) is 1. The second kappa shape index (κ2) is 5.91. The van der Waals surface area contributed by atoms with Gasteiger partial charge in [0.15, 0.2) is 6.61 Å². The number of halogens is 1. The minimum Gasteiger partial charge on any atom is -0.484 e. The SMILES string of the molecule is C=C(Cl)CNC(=O)COc1ccc2c(c1)CCC2. The van der Waals surface area contributed by atoms with Crippen LogP contribution in [0.25, 0.3) is 0 Å². The Bertz CT molecular complexity index is 471. The van der Waals surface area contributed by atoms with E-state index in [1.54, 1.807) is 0 Å². The maximum Gasteiger partial charge on any atom is 0.258 e. The summed E-state index contributed by atoms with van der Waals surface area (Å²) in [5.74, 6) is 0.549. The van der Waals surface area contributed by atoms with Crippen molar-refractivity contribution in [3.63, 3.8) is 0 Å². The van der Waals surface area contributed by atoms with Gasteiger partial charge in [-0.15, -0.1) is 0 Å². The molecule has 0 saturated carbocycles. The predicted molar refractivity (Wildman–Crippen MR) is 72.0 cm³/mol. The van der Waals surface area contributed by atoms with E-state index < -0.39 is 0 Å². The van der Waals surface area contributed by atoms with Gasteiger partial charge in [-0.05, 0) is 42.5 Å². The molecule has 0 unspecified atom stereocenters. The number of aryl methyl sites for hydroxylation is 2. The largest absolute Gasteiger partial charge is 0.484 e. The fourth-order valence-electron chi connectivity index (χ4n) is 2.03. The minimum absolute atomic E-state index is 0.00293. The number of carbonyl (C=O) groups excluding carboxylic acids is 1. The highest BCUT2D eigenvalue weighted by Crippen LogP contribution is 2.25. The average molecular weight is 266 g/mol. The Morgan fingerprint density at radius 2 is 2.17 bits per heavy atom. The van der Waals surface area contributed by atoms with Crippen molar-refractivity contribution in [3.8, 4) is 5.75 Å². The molecule has 1 aromatic carbocycles. The zero-order chi connectivity index (χ0) is 13.0. The Kier molecular flexibility index (Phi) is 4.26. The third kappa shape index (κ3) is 3.50. The van der Waals surface area contributed by atoms with Gasteiger partial charge in [-0.1, -0.05) is 24.2 Å². The Hall–Kier alpha value is -1.48. The van der Waals surface area contributed by atoms with E-state index in [-0.39, 0.29) is 19.1 Å². The second-order valence-corrected chi connectivity index (χ2v) is 4.90. The molecule has 0 fully saturated rings. The molecule has 96 valence electrons. The molecular weight excluding hydrogens is 250 g/mol. The Labute approximate surface area is 112 Å². The number of nitrogens with one attached hydrogen (secondary N) is 1. The smallest absolute Gasteiger partial charge is 0.258 e. The van der Waals surface area contributed by atoms with E-state index in [2.05, 4.69) is 18.0 Å². The van der Waals surface area contributed by atoms with Gasteiger partial charge in [-0.25, -0.2) is 0 Å². The molecule has 0 aliphatic heterocycles. The van der Waals surface area contributed by atoms with Crippen LogP contribution >= 0.6 is 11.6 Å². The van der Waals surface area contributed by atoms with Gasteiger partial charge >= 0.3 is 0 Å². The summed E-state index contributed by atoms with van der Waals surface area (Å²) in [4.78, 5) is 11.4. The van der Waals surface area contributed by atoms with Crippen molar-refractivity contribution in [3.05, 3.63) is 40.9 Å². The molecule has 0 radical (unpaired) electrons. The lowest BCUT2D eigenvalue weighted by Gasteiger charge is -2.08. The normalized spacial score (nSPS) is 12.9. The van der Waals surface area contributed by atoms with Crippen LogP contribution in [0.3, 0.4) is 0 Å². The van der Waals surface area contributed by atoms with Gasteiger partial charge in [0.05, 0.1) is 6.54 Å². The molecule has 1 N–H and O–H groups in total. The van der Waals surface area contributed by atoms with E-state index >= 15 is 0 Å². The average Bonchev–Trinajstić information content (AvgIpc) is 2.81. The highest BCUT2D eigenvalue weighted by atomic mass is 35.5. The molecule has 18 heavy (non-hydrogen) atoms. The van der Waals surface area contributed by atoms with Crippen molar-refractivity contribution in [2.75, 3.05) is 13.2 Å². The number of rotatable bonds is 5. The van der Waals surface area contributed by atoms with Crippen LogP contribution in [0, 0.1) is 0 Å². The molecule has 0 aromatic heterocycles. The van der Waals surface area contributed by atoms with E-state index in [9.17, 15) is 4.79 Å². The number of benzene rings is 1. The monoisotopic (exact) mass is 265 g/mol. The van der Waals surface area contributed by atoms with Crippen LogP contribution in [0.15, 0.2) is 29.8 Å². The number of amides is 1. The fourth-order valence-corrected chi connectivity index (χ4v) is 2.10. The summed E-state index contributed by atoms with van der Waals surface area (Å²) in [6, 6.07) is 6.02. The van der Waals surface area contributed by atoms with Crippen molar-refractivity contribution < 1.29 is 9.53 Å². The van der Waals surface area contributed by atoms with Crippen molar-refractivity contribution >= 4 is 17.5 Å². The van der Waals surface area contributed by atoms with Crippen LogP contribution in [0.5, 0.6) is 5.75 Å². The van der Waals surface area contributed by atoms with E-state index in [4.69, 9.17) is 16.3 Å². The summed E-state index contributed by atoms with van der Waals surface area (Å²) >= 11 is 5.55. The van der Waals surface area contributed by atoms with Gasteiger partial charge in [0.1, 0.15) is 5.75 Å². The first kappa shape index (κ1) is 13.0. The van der Waals surface area contributed by atoms with E-state index in [1.165, 1.54) is 17.5 Å². The van der Waals surface area contributed by atoms with Gasteiger partial charge in [-0.3, -0.25) is 4.79 Å². The summed E-state index contributed by atoms with van der Waals surface area (Å²) in [5.41, 5.74) is 2.73. The summed E-state index contributed by atoms with van der Waals surface area (Å²) in [6.07, 6.45) is 3.45. The molecule has 1 aliphatic carbocycles. The molecule has 0 saturated heterocycles. The van der Waals surface area contributed by atoms with Gasteiger partial charge in [0, 0.05) is 5.03 Å². The molecule has 2 rings (SSSR count). The maximum atomic E-state index is 11.4. The van der Waals surface area contributed by atoms with Gasteiger partial charge in [0.2, 0.25) is 0 Å². The Balaban J connectivity index is 1.83. The molecule has 0 spiro atoms. The standard InChI is InChI=1S/C14H16ClNO2/c1-10(15)8-16-14(17)9-18-13-6-5-11-3-2-4-12(11)7-13/h5-7H,1-4,8-9H2,(H,16,17). The Morgan fingerprint density at radius 3 is 2.94 bits per heavy atom. The summed E-state index contributed by atoms with van der Waals surface area (Å²) in [5, 5.41) is 3.01. The third-order valence-electron chi connectivity index (χ3n) is 2.92. The zero-order valence-electron chi connectivity index (χ0n) is 10.2. The molecule has 0 bridgehead atoms. The minimum atomic E-state index is -0.197. The molecule has 1 aliphatic rings. The summed E-state index contributed by atoms with van der Waals surface area (Å²) in [7, 11) is 0. The van der Waals surface area contributed by atoms with Crippen molar-refractivity contribution in [2.45, 2.75) is 19.3 Å². The van der Waals surface area contributed by atoms with Gasteiger partial charge in [0.25, 0.3) is 5.91 Å². The lowest BCUT2D eigenvalue weighted by molar-refractivity contribution is -0.122. The Morgan fingerprint density at radius 1 is 1.39 bits per heavy atom. The second-order valence-electron chi connectivity index (χ2n) is 4.37. The molecule has 4 heteroatoms. The number of fused-ring (bicyclic) bond motifs is 1. The van der Waals surface area contributed by atoms with Crippen LogP contribution in [0.1, 0.15) is 17.5 Å². The van der Waals surface area contributed by atoms with Crippen LogP contribution in [0.4, 0.5) is 0 Å². The lowest BCUT2D eigenvalue weighted by Crippen LogP contribution is -2.29. The number of hydrogen-bond donors (Lipinski definition) is 1. The van der Waals surface area contributed by atoms with Crippen molar-refractivity contribution in [1.82, 2.24) is 5.32 Å². The van der Waals surface area contributed by atoms with Gasteiger partial charge < -0.3 is 10.1 Å². The van der Waals surface area contributed by atoms with Crippen LogP contribution in [-0.2, 0) is 17.6 Å². The first-order valence-corrected chi connectivity index (χ1v) is 6.37. The first-order chi connectivity index (χ1) is 8.65. The van der Waals surface area contributed by atoms with Crippen molar-refractivity contribution in [1.29, 1.82) is 0 Å². The molecule has 3 nitrogen and oxygen atoms in total. The summed E-state index contributed by atoms with van der Waals surface area (Å²) < 4.78 is 5.44. The molecule has 0 heterocycles. The number of carbonyl (C=O) groups is 1. The maximum absolute atomic E-state index is 11.4. The third-order valence-corrected chi connectivity index (χ3v) is 3.05. The van der Waals surface area contributed by atoms with E-state index in [0.29, 0.717) is 5.03 Å².